The number of carbonyl (C=O) groups is 1. The van der Waals surface area contributed by atoms with Gasteiger partial charge in [0.15, 0.2) is 0 Å². The van der Waals surface area contributed by atoms with Gasteiger partial charge in [-0.05, 0) is 56.5 Å². The first-order valence-corrected chi connectivity index (χ1v) is 11.4. The zero-order valence-electron chi connectivity index (χ0n) is 17.6. The van der Waals surface area contributed by atoms with E-state index in [0.29, 0.717) is 18.0 Å². The van der Waals surface area contributed by atoms with Crippen molar-refractivity contribution in [1.29, 1.82) is 0 Å². The third kappa shape index (κ3) is 5.82. The Morgan fingerprint density at radius 2 is 1.94 bits per heavy atom. The maximum Gasteiger partial charge on any atom is 0.230 e. The SMILES string of the molecule is Cc1ccc(OCc2nc(CC(=O)Nc3cc(F)ccc3N3CCCCC3)cs2)cc1. The lowest BCUT2D eigenvalue weighted by Gasteiger charge is -2.30. The van der Waals surface area contributed by atoms with Gasteiger partial charge in [0.2, 0.25) is 5.91 Å². The summed E-state index contributed by atoms with van der Waals surface area (Å²) in [6.07, 6.45) is 3.56. The Morgan fingerprint density at radius 3 is 2.71 bits per heavy atom. The molecule has 1 aliphatic rings. The second-order valence-corrected chi connectivity index (χ2v) is 8.71. The maximum atomic E-state index is 13.8. The largest absolute Gasteiger partial charge is 0.486 e. The summed E-state index contributed by atoms with van der Waals surface area (Å²) < 4.78 is 19.6. The summed E-state index contributed by atoms with van der Waals surface area (Å²) in [5, 5.41) is 5.56. The van der Waals surface area contributed by atoms with Crippen molar-refractivity contribution in [1.82, 2.24) is 4.98 Å². The summed E-state index contributed by atoms with van der Waals surface area (Å²) >= 11 is 1.46. The Hall–Kier alpha value is -2.93. The zero-order valence-corrected chi connectivity index (χ0v) is 18.4. The number of aromatic nitrogens is 1. The molecule has 1 aliphatic heterocycles. The highest BCUT2D eigenvalue weighted by Crippen LogP contribution is 2.29. The van der Waals surface area contributed by atoms with Crippen molar-refractivity contribution in [2.24, 2.45) is 0 Å². The summed E-state index contributed by atoms with van der Waals surface area (Å²) in [6.45, 7) is 4.23. The average molecular weight is 440 g/mol. The molecule has 1 N–H and O–H groups in total. The van der Waals surface area contributed by atoms with Crippen LogP contribution in [-0.4, -0.2) is 24.0 Å². The Kier molecular flexibility index (Phi) is 6.82. The number of anilines is 2. The predicted molar refractivity (Wildman–Crippen MR) is 122 cm³/mol. The first-order chi connectivity index (χ1) is 15.1. The minimum Gasteiger partial charge on any atom is -0.486 e. The monoisotopic (exact) mass is 439 g/mol. The number of ether oxygens (including phenoxy) is 1. The Balaban J connectivity index is 1.36. The number of thiazole rings is 1. The molecule has 1 fully saturated rings. The number of amides is 1. The normalized spacial score (nSPS) is 13.8. The molecule has 3 aromatic rings. The van der Waals surface area contributed by atoms with Gasteiger partial charge in [-0.15, -0.1) is 11.3 Å². The van der Waals surface area contributed by atoms with Gasteiger partial charge in [0.25, 0.3) is 0 Å². The maximum absolute atomic E-state index is 13.8. The van der Waals surface area contributed by atoms with Crippen molar-refractivity contribution in [2.45, 2.75) is 39.2 Å². The Labute approximate surface area is 185 Å². The number of halogens is 1. The van der Waals surface area contributed by atoms with Crippen molar-refractivity contribution in [2.75, 3.05) is 23.3 Å². The van der Waals surface area contributed by atoms with Crippen LogP contribution < -0.4 is 15.0 Å². The molecule has 0 atom stereocenters. The number of rotatable bonds is 7. The number of benzene rings is 2. The molecule has 0 aliphatic carbocycles. The predicted octanol–water partition coefficient (Wildman–Crippen LogP) is 5.34. The lowest BCUT2D eigenvalue weighted by atomic mass is 10.1. The van der Waals surface area contributed by atoms with E-state index in [-0.39, 0.29) is 18.1 Å². The summed E-state index contributed by atoms with van der Waals surface area (Å²) in [5.41, 5.74) is 3.25. The van der Waals surface area contributed by atoms with Crippen LogP contribution in [0.25, 0.3) is 0 Å². The molecule has 162 valence electrons. The summed E-state index contributed by atoms with van der Waals surface area (Å²) in [6, 6.07) is 12.4. The van der Waals surface area contributed by atoms with E-state index in [4.69, 9.17) is 4.74 Å². The number of piperidine rings is 1. The quantitative estimate of drug-likeness (QED) is 0.540. The van der Waals surface area contributed by atoms with Crippen LogP contribution in [0.1, 0.15) is 35.5 Å². The molecule has 0 saturated carbocycles. The molecular weight excluding hydrogens is 413 g/mol. The number of carbonyl (C=O) groups excluding carboxylic acids is 1. The molecule has 0 spiro atoms. The standard InChI is InChI=1S/C24H26FN3O2S/c1-17-5-8-20(9-6-17)30-15-24-26-19(16-31-24)14-23(29)27-21-13-18(25)7-10-22(21)28-11-3-2-4-12-28/h5-10,13,16H,2-4,11-12,14-15H2,1H3,(H,27,29). The van der Waals surface area contributed by atoms with Gasteiger partial charge in [0, 0.05) is 18.5 Å². The number of hydrogen-bond donors (Lipinski definition) is 1. The minimum absolute atomic E-state index is 0.136. The van der Waals surface area contributed by atoms with Crippen LogP contribution in [-0.2, 0) is 17.8 Å². The fourth-order valence-electron chi connectivity index (χ4n) is 3.65. The molecule has 31 heavy (non-hydrogen) atoms. The third-order valence-corrected chi connectivity index (χ3v) is 6.12. The van der Waals surface area contributed by atoms with Crippen molar-refractivity contribution >= 4 is 28.6 Å². The van der Waals surface area contributed by atoms with Crippen LogP contribution in [0, 0.1) is 12.7 Å². The molecule has 1 saturated heterocycles. The summed E-state index contributed by atoms with van der Waals surface area (Å²) in [5.74, 6) is 0.219. The van der Waals surface area contributed by atoms with Crippen molar-refractivity contribution in [3.63, 3.8) is 0 Å². The molecule has 2 heterocycles. The molecular formula is C24H26FN3O2S. The van der Waals surface area contributed by atoms with E-state index in [9.17, 15) is 9.18 Å². The number of nitrogens with one attached hydrogen (secondary N) is 1. The van der Waals surface area contributed by atoms with E-state index in [1.165, 1.54) is 35.5 Å². The molecule has 1 amide bonds. The molecule has 0 unspecified atom stereocenters. The van der Waals surface area contributed by atoms with E-state index >= 15 is 0 Å². The second-order valence-electron chi connectivity index (χ2n) is 7.77. The molecule has 0 bridgehead atoms. The van der Waals surface area contributed by atoms with Crippen LogP contribution in [0.2, 0.25) is 0 Å². The van der Waals surface area contributed by atoms with Gasteiger partial charge in [-0.3, -0.25) is 4.79 Å². The van der Waals surface area contributed by atoms with E-state index in [0.717, 1.165) is 42.4 Å². The van der Waals surface area contributed by atoms with Gasteiger partial charge in [0.05, 0.1) is 23.5 Å². The number of hydrogen-bond acceptors (Lipinski definition) is 5. The van der Waals surface area contributed by atoms with Crippen LogP contribution in [0.15, 0.2) is 47.8 Å². The van der Waals surface area contributed by atoms with Crippen LogP contribution in [0.4, 0.5) is 15.8 Å². The summed E-state index contributed by atoms with van der Waals surface area (Å²) in [4.78, 5) is 19.3. The number of nitrogens with zero attached hydrogens (tertiary/aromatic N) is 2. The Bertz CT molecular complexity index is 1030. The first kappa shape index (κ1) is 21.3. The van der Waals surface area contributed by atoms with Gasteiger partial charge in [-0.1, -0.05) is 17.7 Å². The highest BCUT2D eigenvalue weighted by atomic mass is 32.1. The molecule has 5 nitrogen and oxygen atoms in total. The molecule has 0 radical (unpaired) electrons. The van der Waals surface area contributed by atoms with Gasteiger partial charge >= 0.3 is 0 Å². The van der Waals surface area contributed by atoms with Crippen molar-refractivity contribution < 1.29 is 13.9 Å². The molecule has 4 rings (SSSR count). The number of aryl methyl sites for hydroxylation is 1. The minimum atomic E-state index is -0.361. The fraction of sp³-hybridized carbons (Fsp3) is 0.333. The van der Waals surface area contributed by atoms with Crippen molar-refractivity contribution in [3.05, 3.63) is 69.9 Å². The Morgan fingerprint density at radius 1 is 1.16 bits per heavy atom. The van der Waals surface area contributed by atoms with Gasteiger partial charge in [-0.25, -0.2) is 9.37 Å². The van der Waals surface area contributed by atoms with E-state index in [1.807, 2.05) is 36.6 Å². The molecule has 7 heteroatoms. The third-order valence-electron chi connectivity index (χ3n) is 5.25. The highest BCUT2D eigenvalue weighted by Gasteiger charge is 2.17. The smallest absolute Gasteiger partial charge is 0.230 e. The van der Waals surface area contributed by atoms with E-state index < -0.39 is 0 Å². The van der Waals surface area contributed by atoms with Crippen LogP contribution in [0.5, 0.6) is 5.75 Å². The highest BCUT2D eigenvalue weighted by molar-refractivity contribution is 7.09. The van der Waals surface area contributed by atoms with Gasteiger partial charge < -0.3 is 15.0 Å². The topological polar surface area (TPSA) is 54.5 Å². The fourth-order valence-corrected chi connectivity index (χ4v) is 4.36. The first-order valence-electron chi connectivity index (χ1n) is 10.5. The molecule has 1 aromatic heterocycles. The molecule has 2 aromatic carbocycles. The summed E-state index contributed by atoms with van der Waals surface area (Å²) in [7, 11) is 0. The van der Waals surface area contributed by atoms with Crippen molar-refractivity contribution in [3.8, 4) is 5.75 Å². The second kappa shape index (κ2) is 9.92. The lowest BCUT2D eigenvalue weighted by molar-refractivity contribution is -0.115. The van der Waals surface area contributed by atoms with E-state index in [2.05, 4.69) is 15.2 Å². The van der Waals surface area contributed by atoms with E-state index in [1.54, 1.807) is 6.07 Å². The zero-order chi connectivity index (χ0) is 21.6. The van der Waals surface area contributed by atoms with Gasteiger partial charge in [0.1, 0.15) is 23.2 Å². The lowest BCUT2D eigenvalue weighted by Crippen LogP contribution is -2.30. The average Bonchev–Trinajstić information content (AvgIpc) is 3.21. The van der Waals surface area contributed by atoms with Gasteiger partial charge in [-0.2, -0.15) is 0 Å². The van der Waals surface area contributed by atoms with Crippen LogP contribution in [0.3, 0.4) is 0 Å². The van der Waals surface area contributed by atoms with Crippen LogP contribution >= 0.6 is 11.3 Å².